The number of carbonyl (C=O) groups excluding carboxylic acids is 2. The standard InChI is InChI=1S/C29H39N3O5/c1-4-37-28(34)30-25(24-7-5-6-8-26(24)36-3)13-17-31-18-14-29(15-19-31)16-20-32(27(29)33)21-22-9-11-23(35-2)12-10-22/h5-12,25H,4,13-21H2,1-3H3,(H,30,34). The van der Waals surface area contributed by atoms with Crippen LogP contribution in [-0.4, -0.2) is 68.8 Å². The zero-order valence-corrected chi connectivity index (χ0v) is 22.2. The van der Waals surface area contributed by atoms with Crippen LogP contribution in [0, 0.1) is 5.41 Å². The van der Waals surface area contributed by atoms with Crippen LogP contribution in [0.25, 0.3) is 0 Å². The molecular formula is C29H39N3O5. The summed E-state index contributed by atoms with van der Waals surface area (Å²) >= 11 is 0. The first-order valence-electron chi connectivity index (χ1n) is 13.2. The number of benzene rings is 2. The second kappa shape index (κ2) is 12.3. The van der Waals surface area contributed by atoms with E-state index in [0.29, 0.717) is 19.1 Å². The van der Waals surface area contributed by atoms with Gasteiger partial charge in [-0.2, -0.15) is 0 Å². The summed E-state index contributed by atoms with van der Waals surface area (Å²) in [7, 11) is 3.30. The topological polar surface area (TPSA) is 80.3 Å². The average Bonchev–Trinajstić information content (AvgIpc) is 3.22. The molecule has 0 bridgehead atoms. The summed E-state index contributed by atoms with van der Waals surface area (Å²) in [6, 6.07) is 15.5. The third-order valence-electron chi connectivity index (χ3n) is 7.76. The van der Waals surface area contributed by atoms with Crippen LogP contribution in [0.5, 0.6) is 11.5 Å². The molecule has 37 heavy (non-hydrogen) atoms. The third kappa shape index (κ3) is 6.36. The molecule has 1 unspecified atom stereocenters. The molecule has 1 spiro atoms. The van der Waals surface area contributed by atoms with Gasteiger partial charge in [-0.15, -0.1) is 0 Å². The number of carbonyl (C=O) groups is 2. The van der Waals surface area contributed by atoms with Gasteiger partial charge in [-0.05, 0) is 69.5 Å². The average molecular weight is 510 g/mol. The molecule has 2 heterocycles. The van der Waals surface area contributed by atoms with Gasteiger partial charge in [0.2, 0.25) is 5.91 Å². The Balaban J connectivity index is 1.33. The van der Waals surface area contributed by atoms with Gasteiger partial charge in [0.25, 0.3) is 0 Å². The first kappa shape index (κ1) is 26.8. The number of rotatable bonds is 10. The van der Waals surface area contributed by atoms with Gasteiger partial charge in [0, 0.05) is 25.2 Å². The summed E-state index contributed by atoms with van der Waals surface area (Å²) in [5, 5.41) is 3.00. The Kier molecular flexibility index (Phi) is 8.92. The van der Waals surface area contributed by atoms with Crippen LogP contribution in [0.4, 0.5) is 4.79 Å². The van der Waals surface area contributed by atoms with Crippen LogP contribution in [0.3, 0.4) is 0 Å². The maximum Gasteiger partial charge on any atom is 0.407 e. The Labute approximate surface area is 219 Å². The van der Waals surface area contributed by atoms with E-state index in [1.54, 1.807) is 21.1 Å². The molecule has 8 heteroatoms. The van der Waals surface area contributed by atoms with E-state index >= 15 is 0 Å². The molecule has 2 amide bonds. The summed E-state index contributed by atoms with van der Waals surface area (Å²) in [5.41, 5.74) is 1.82. The maximum atomic E-state index is 13.4. The number of nitrogens with zero attached hydrogens (tertiary/aromatic N) is 2. The highest BCUT2D eigenvalue weighted by Crippen LogP contribution is 2.42. The van der Waals surface area contributed by atoms with Crippen molar-refractivity contribution in [1.82, 2.24) is 15.1 Å². The third-order valence-corrected chi connectivity index (χ3v) is 7.76. The predicted molar refractivity (Wildman–Crippen MR) is 142 cm³/mol. The number of likely N-dealkylation sites (tertiary alicyclic amines) is 2. The molecule has 2 fully saturated rings. The maximum absolute atomic E-state index is 13.4. The molecule has 0 aromatic heterocycles. The van der Waals surface area contributed by atoms with Crippen LogP contribution < -0.4 is 14.8 Å². The summed E-state index contributed by atoms with van der Waals surface area (Å²) in [6.07, 6.45) is 2.96. The van der Waals surface area contributed by atoms with Gasteiger partial charge < -0.3 is 29.3 Å². The van der Waals surface area contributed by atoms with Gasteiger partial charge in [-0.3, -0.25) is 4.79 Å². The number of amides is 2. The molecule has 2 aliphatic heterocycles. The van der Waals surface area contributed by atoms with Gasteiger partial charge in [-0.25, -0.2) is 4.79 Å². The molecule has 1 N–H and O–H groups in total. The zero-order valence-electron chi connectivity index (χ0n) is 22.2. The Bertz CT molecular complexity index is 1050. The molecule has 2 aromatic rings. The second-order valence-corrected chi connectivity index (χ2v) is 9.89. The number of alkyl carbamates (subject to hydrolysis) is 1. The molecule has 0 aliphatic carbocycles. The Morgan fingerprint density at radius 2 is 1.70 bits per heavy atom. The van der Waals surface area contributed by atoms with Crippen LogP contribution in [0.1, 0.15) is 49.8 Å². The highest BCUT2D eigenvalue weighted by atomic mass is 16.5. The number of hydrogen-bond donors (Lipinski definition) is 1. The number of methoxy groups -OCH3 is 2. The minimum atomic E-state index is -0.426. The lowest BCUT2D eigenvalue weighted by molar-refractivity contribution is -0.138. The van der Waals surface area contributed by atoms with Gasteiger partial charge in [0.05, 0.1) is 32.3 Å². The summed E-state index contributed by atoms with van der Waals surface area (Å²) in [4.78, 5) is 30.1. The fourth-order valence-electron chi connectivity index (χ4n) is 5.55. The lowest BCUT2D eigenvalue weighted by Gasteiger charge is -2.38. The van der Waals surface area contributed by atoms with Gasteiger partial charge in [-0.1, -0.05) is 30.3 Å². The van der Waals surface area contributed by atoms with E-state index in [2.05, 4.69) is 10.2 Å². The number of para-hydroxylation sites is 1. The lowest BCUT2D eigenvalue weighted by Crippen LogP contribution is -2.45. The zero-order chi connectivity index (χ0) is 26.3. The predicted octanol–water partition coefficient (Wildman–Crippen LogP) is 4.40. The highest BCUT2D eigenvalue weighted by molar-refractivity contribution is 5.85. The molecule has 200 valence electrons. The molecule has 0 saturated carbocycles. The molecule has 8 nitrogen and oxygen atoms in total. The van der Waals surface area contributed by atoms with Gasteiger partial charge in [0.15, 0.2) is 0 Å². The number of piperidine rings is 1. The van der Waals surface area contributed by atoms with Crippen molar-refractivity contribution in [1.29, 1.82) is 0 Å². The Morgan fingerprint density at radius 3 is 2.38 bits per heavy atom. The van der Waals surface area contributed by atoms with Crippen molar-refractivity contribution in [3.8, 4) is 11.5 Å². The molecule has 2 saturated heterocycles. The number of nitrogens with one attached hydrogen (secondary N) is 1. The number of ether oxygens (including phenoxy) is 3. The van der Waals surface area contributed by atoms with E-state index in [1.807, 2.05) is 53.4 Å². The van der Waals surface area contributed by atoms with Gasteiger partial charge >= 0.3 is 6.09 Å². The first-order valence-corrected chi connectivity index (χ1v) is 13.2. The molecular weight excluding hydrogens is 470 g/mol. The molecule has 4 rings (SSSR count). The minimum absolute atomic E-state index is 0.223. The van der Waals surface area contributed by atoms with Crippen LogP contribution in [-0.2, 0) is 16.1 Å². The largest absolute Gasteiger partial charge is 0.497 e. The van der Waals surface area contributed by atoms with Crippen molar-refractivity contribution in [2.45, 2.75) is 45.2 Å². The molecule has 0 radical (unpaired) electrons. The van der Waals surface area contributed by atoms with Crippen molar-refractivity contribution < 1.29 is 23.8 Å². The summed E-state index contributed by atoms with van der Waals surface area (Å²) in [6.45, 7) is 6.14. The fraction of sp³-hybridized carbons (Fsp3) is 0.517. The number of hydrogen-bond acceptors (Lipinski definition) is 6. The SMILES string of the molecule is CCOC(=O)NC(CCN1CCC2(CC1)CCN(Cc1ccc(OC)cc1)C2=O)c1ccccc1OC. The van der Waals surface area contributed by atoms with Crippen molar-refractivity contribution in [2.24, 2.45) is 5.41 Å². The van der Waals surface area contributed by atoms with E-state index in [4.69, 9.17) is 14.2 Å². The molecule has 2 aromatic carbocycles. The fourth-order valence-corrected chi connectivity index (χ4v) is 5.55. The Morgan fingerprint density at radius 1 is 1.00 bits per heavy atom. The summed E-state index contributed by atoms with van der Waals surface area (Å²) < 4.78 is 15.9. The molecule has 2 aliphatic rings. The van der Waals surface area contributed by atoms with Gasteiger partial charge in [0.1, 0.15) is 11.5 Å². The lowest BCUT2D eigenvalue weighted by atomic mass is 9.77. The van der Waals surface area contributed by atoms with E-state index in [-0.39, 0.29) is 11.5 Å². The first-order chi connectivity index (χ1) is 18.0. The van der Waals surface area contributed by atoms with E-state index < -0.39 is 6.09 Å². The van der Waals surface area contributed by atoms with Crippen molar-refractivity contribution in [2.75, 3.05) is 47.0 Å². The van der Waals surface area contributed by atoms with Crippen LogP contribution in [0.15, 0.2) is 48.5 Å². The normalized spacial score (nSPS) is 18.0. The monoisotopic (exact) mass is 509 g/mol. The van der Waals surface area contributed by atoms with E-state index in [9.17, 15) is 9.59 Å². The molecule has 1 atom stereocenters. The highest BCUT2D eigenvalue weighted by Gasteiger charge is 2.47. The van der Waals surface area contributed by atoms with Crippen LogP contribution >= 0.6 is 0 Å². The quantitative estimate of drug-likeness (QED) is 0.512. The Hall–Kier alpha value is -3.26. The second-order valence-electron chi connectivity index (χ2n) is 9.89. The minimum Gasteiger partial charge on any atom is -0.497 e. The van der Waals surface area contributed by atoms with Crippen molar-refractivity contribution in [3.05, 3.63) is 59.7 Å². The van der Waals surface area contributed by atoms with Crippen molar-refractivity contribution >= 4 is 12.0 Å². The smallest absolute Gasteiger partial charge is 0.407 e. The van der Waals surface area contributed by atoms with Crippen molar-refractivity contribution in [3.63, 3.8) is 0 Å². The van der Waals surface area contributed by atoms with E-state index in [0.717, 1.165) is 74.5 Å². The summed E-state index contributed by atoms with van der Waals surface area (Å²) in [5.74, 6) is 1.86. The van der Waals surface area contributed by atoms with Crippen LogP contribution in [0.2, 0.25) is 0 Å². The van der Waals surface area contributed by atoms with E-state index in [1.165, 1.54) is 0 Å².